The van der Waals surface area contributed by atoms with E-state index in [1.165, 1.54) is 22.5 Å². The van der Waals surface area contributed by atoms with Gasteiger partial charge in [0.05, 0.1) is 6.61 Å². The lowest BCUT2D eigenvalue weighted by Crippen LogP contribution is -2.42. The zero-order valence-electron chi connectivity index (χ0n) is 11.3. The van der Waals surface area contributed by atoms with Gasteiger partial charge in [-0.1, -0.05) is 0 Å². The number of nitrogens with one attached hydrogen (secondary N) is 1. The summed E-state index contributed by atoms with van der Waals surface area (Å²) in [6.45, 7) is 1.26. The number of aliphatic hydroxyl groups is 2. The summed E-state index contributed by atoms with van der Waals surface area (Å²) >= 11 is 1.44. The van der Waals surface area contributed by atoms with E-state index in [1.54, 1.807) is 6.92 Å². The first-order valence-electron chi connectivity index (χ1n) is 6.21. The Morgan fingerprint density at radius 3 is 2.90 bits per heavy atom. The molecule has 0 aromatic carbocycles. The van der Waals surface area contributed by atoms with Crippen molar-refractivity contribution >= 4 is 11.8 Å². The van der Waals surface area contributed by atoms with Crippen molar-refractivity contribution in [2.75, 3.05) is 18.6 Å². The number of thioether (sulfide) groups is 1. The number of hydrogen-bond donors (Lipinski definition) is 3. The summed E-state index contributed by atoms with van der Waals surface area (Å²) in [7, 11) is 0. The van der Waals surface area contributed by atoms with Crippen molar-refractivity contribution in [2.45, 2.75) is 31.3 Å². The van der Waals surface area contributed by atoms with Crippen LogP contribution in [-0.4, -0.2) is 50.1 Å². The van der Waals surface area contributed by atoms with Crippen LogP contribution in [0.15, 0.2) is 15.8 Å². The molecule has 7 nitrogen and oxygen atoms in total. The van der Waals surface area contributed by atoms with Crippen molar-refractivity contribution in [3.63, 3.8) is 0 Å². The van der Waals surface area contributed by atoms with Crippen molar-refractivity contribution in [1.82, 2.24) is 9.55 Å². The Labute approximate surface area is 119 Å². The van der Waals surface area contributed by atoms with E-state index in [0.29, 0.717) is 11.3 Å². The molecule has 112 valence electrons. The second-order valence-electron chi connectivity index (χ2n) is 4.98. The number of aryl methyl sites for hydroxylation is 1. The van der Waals surface area contributed by atoms with E-state index in [1.807, 2.05) is 6.26 Å². The van der Waals surface area contributed by atoms with Crippen molar-refractivity contribution in [1.29, 1.82) is 0 Å². The molecule has 1 aromatic rings. The molecule has 2 heterocycles. The van der Waals surface area contributed by atoms with Crippen LogP contribution in [0.1, 0.15) is 18.2 Å². The molecule has 0 bridgehead atoms. The molecule has 3 N–H and O–H groups in total. The third-order valence-corrected chi connectivity index (χ3v) is 4.25. The molecule has 1 aliphatic heterocycles. The number of aromatic amines is 1. The lowest BCUT2D eigenvalue weighted by Gasteiger charge is -2.25. The summed E-state index contributed by atoms with van der Waals surface area (Å²) in [5.74, 6) is 0.395. The minimum atomic E-state index is -1.19. The predicted octanol–water partition coefficient (Wildman–Crippen LogP) is -0.781. The molecule has 1 aromatic heterocycles. The van der Waals surface area contributed by atoms with Gasteiger partial charge in [0.15, 0.2) is 0 Å². The summed E-state index contributed by atoms with van der Waals surface area (Å²) in [5, 5.41) is 19.8. The van der Waals surface area contributed by atoms with Gasteiger partial charge in [-0.05, 0) is 13.2 Å². The van der Waals surface area contributed by atoms with Gasteiger partial charge in [0.1, 0.15) is 17.9 Å². The van der Waals surface area contributed by atoms with Crippen molar-refractivity contribution < 1.29 is 14.9 Å². The Morgan fingerprint density at radius 1 is 1.60 bits per heavy atom. The highest BCUT2D eigenvalue weighted by atomic mass is 32.2. The monoisotopic (exact) mass is 302 g/mol. The maximum atomic E-state index is 11.8. The smallest absolute Gasteiger partial charge is 0.330 e. The van der Waals surface area contributed by atoms with E-state index >= 15 is 0 Å². The minimum absolute atomic E-state index is 0.185. The molecule has 2 rings (SSSR count). The Balaban J connectivity index is 2.34. The summed E-state index contributed by atoms with van der Waals surface area (Å²) in [6.07, 6.45) is 1.98. The number of H-pyrrole nitrogens is 1. The zero-order chi connectivity index (χ0) is 14.9. The second-order valence-corrected chi connectivity index (χ2v) is 5.85. The lowest BCUT2D eigenvalue weighted by atomic mass is 9.98. The van der Waals surface area contributed by atoms with Crippen LogP contribution < -0.4 is 11.2 Å². The summed E-state index contributed by atoms with van der Waals surface area (Å²) in [6, 6.07) is 0. The van der Waals surface area contributed by atoms with Gasteiger partial charge < -0.3 is 14.9 Å². The largest absolute Gasteiger partial charge is 0.394 e. The first kappa shape index (κ1) is 15.3. The predicted molar refractivity (Wildman–Crippen MR) is 75.0 cm³/mol. The van der Waals surface area contributed by atoms with Gasteiger partial charge in [-0.2, -0.15) is 11.8 Å². The van der Waals surface area contributed by atoms with E-state index in [0.717, 1.165) is 0 Å². The molecule has 0 aliphatic carbocycles. The number of aliphatic hydroxyl groups excluding tert-OH is 1. The Morgan fingerprint density at radius 2 is 2.30 bits per heavy atom. The highest BCUT2D eigenvalue weighted by Gasteiger charge is 2.47. The van der Waals surface area contributed by atoms with Crippen LogP contribution in [0.2, 0.25) is 0 Å². The molecule has 0 amide bonds. The molecule has 1 aliphatic rings. The van der Waals surface area contributed by atoms with Gasteiger partial charge in [0, 0.05) is 23.9 Å². The van der Waals surface area contributed by atoms with Crippen molar-refractivity contribution in [2.24, 2.45) is 0 Å². The number of aromatic nitrogens is 2. The van der Waals surface area contributed by atoms with Crippen LogP contribution in [0.4, 0.5) is 0 Å². The van der Waals surface area contributed by atoms with Crippen LogP contribution in [0.25, 0.3) is 0 Å². The quantitative estimate of drug-likeness (QED) is 0.674. The molecular weight excluding hydrogens is 284 g/mol. The molecule has 1 unspecified atom stereocenters. The van der Waals surface area contributed by atoms with Gasteiger partial charge in [0.25, 0.3) is 5.56 Å². The summed E-state index contributed by atoms with van der Waals surface area (Å²) < 4.78 is 6.82. The molecule has 3 atom stereocenters. The maximum absolute atomic E-state index is 11.8. The molecule has 0 radical (unpaired) electrons. The SMILES string of the molecule is CSC[C@]1(O)CC(n2cc(C)c(=O)[nH]c2=O)O[C@@H]1CO. The average Bonchev–Trinajstić information content (AvgIpc) is 2.71. The molecule has 20 heavy (non-hydrogen) atoms. The topological polar surface area (TPSA) is 105 Å². The molecule has 8 heteroatoms. The van der Waals surface area contributed by atoms with Crippen LogP contribution >= 0.6 is 11.8 Å². The minimum Gasteiger partial charge on any atom is -0.394 e. The van der Waals surface area contributed by atoms with E-state index < -0.39 is 29.2 Å². The number of ether oxygens (including phenoxy) is 1. The fraction of sp³-hybridized carbons (Fsp3) is 0.667. The van der Waals surface area contributed by atoms with E-state index in [-0.39, 0.29) is 13.0 Å². The van der Waals surface area contributed by atoms with Gasteiger partial charge in [-0.15, -0.1) is 0 Å². The van der Waals surface area contributed by atoms with Crippen LogP contribution in [0.5, 0.6) is 0 Å². The highest BCUT2D eigenvalue weighted by Crippen LogP contribution is 2.37. The first-order chi connectivity index (χ1) is 9.41. The highest BCUT2D eigenvalue weighted by molar-refractivity contribution is 7.98. The molecule has 1 fully saturated rings. The number of nitrogens with zero attached hydrogens (tertiary/aromatic N) is 1. The fourth-order valence-corrected chi connectivity index (χ4v) is 3.18. The number of rotatable bonds is 4. The summed E-state index contributed by atoms with van der Waals surface area (Å²) in [4.78, 5) is 25.4. The maximum Gasteiger partial charge on any atom is 0.330 e. The summed E-state index contributed by atoms with van der Waals surface area (Å²) in [5.41, 5.74) is -1.84. The van der Waals surface area contributed by atoms with Gasteiger partial charge in [-0.3, -0.25) is 14.3 Å². The molecular formula is C12H18N2O5S. The van der Waals surface area contributed by atoms with E-state index in [2.05, 4.69) is 4.98 Å². The average molecular weight is 302 g/mol. The van der Waals surface area contributed by atoms with Gasteiger partial charge in [-0.25, -0.2) is 4.79 Å². The molecule has 0 spiro atoms. The Hall–Kier alpha value is -1.09. The van der Waals surface area contributed by atoms with E-state index in [9.17, 15) is 19.8 Å². The Bertz CT molecular complexity index is 598. The lowest BCUT2D eigenvalue weighted by molar-refractivity contribution is -0.0735. The Kier molecular flexibility index (Phi) is 4.38. The third-order valence-electron chi connectivity index (χ3n) is 3.47. The first-order valence-corrected chi connectivity index (χ1v) is 7.60. The second kappa shape index (κ2) is 5.72. The van der Waals surface area contributed by atoms with Gasteiger partial charge in [0.2, 0.25) is 0 Å². The normalized spacial score (nSPS) is 29.8. The zero-order valence-corrected chi connectivity index (χ0v) is 12.1. The third kappa shape index (κ3) is 2.69. The fourth-order valence-electron chi connectivity index (χ4n) is 2.38. The standard InChI is InChI=1S/C12H18N2O5S/c1-7-4-14(11(17)13-10(7)16)9-3-12(18,6-20-2)8(5-15)19-9/h4,8-9,15,18H,3,5-6H2,1-2H3,(H,13,16,17)/t8-,9?,12-/m1/s1. The van der Waals surface area contributed by atoms with Crippen LogP contribution in [0.3, 0.4) is 0 Å². The van der Waals surface area contributed by atoms with E-state index in [4.69, 9.17) is 4.74 Å². The van der Waals surface area contributed by atoms with Crippen LogP contribution in [0, 0.1) is 6.92 Å². The molecule has 0 saturated carbocycles. The van der Waals surface area contributed by atoms with Crippen molar-refractivity contribution in [3.05, 3.63) is 32.6 Å². The number of hydrogen-bond acceptors (Lipinski definition) is 6. The van der Waals surface area contributed by atoms with Gasteiger partial charge >= 0.3 is 5.69 Å². The molecule has 1 saturated heterocycles. The van der Waals surface area contributed by atoms with Crippen molar-refractivity contribution in [3.8, 4) is 0 Å². The van der Waals surface area contributed by atoms with Crippen LogP contribution in [-0.2, 0) is 4.74 Å².